The Balaban J connectivity index is 1.82. The van der Waals surface area contributed by atoms with Crippen LogP contribution in [-0.4, -0.2) is 27.8 Å². The molecule has 0 saturated carbocycles. The molecule has 30 heavy (non-hydrogen) atoms. The molecule has 3 rings (SSSR count). The Labute approximate surface area is 171 Å². The summed E-state index contributed by atoms with van der Waals surface area (Å²) >= 11 is 0. The molecule has 1 aromatic carbocycles. The van der Waals surface area contributed by atoms with E-state index in [4.69, 9.17) is 4.74 Å². The zero-order valence-electron chi connectivity index (χ0n) is 17.0. The van der Waals surface area contributed by atoms with Crippen LogP contribution in [0, 0.1) is 20.8 Å². The van der Waals surface area contributed by atoms with Crippen molar-refractivity contribution in [2.75, 3.05) is 12.4 Å². The number of carbonyl (C=O) groups is 1. The number of nitrogens with zero attached hydrogens (tertiary/aromatic N) is 3. The third kappa shape index (κ3) is 4.45. The van der Waals surface area contributed by atoms with Crippen LogP contribution in [-0.2, 0) is 17.4 Å². The molecule has 0 aliphatic rings. The first-order chi connectivity index (χ1) is 14.1. The minimum absolute atomic E-state index is 0.0510. The van der Waals surface area contributed by atoms with E-state index < -0.39 is 11.7 Å². The van der Waals surface area contributed by atoms with E-state index in [1.54, 1.807) is 19.9 Å². The molecule has 0 aliphatic heterocycles. The molecule has 0 bridgehead atoms. The topological polar surface area (TPSA) is 69.0 Å². The van der Waals surface area contributed by atoms with Crippen molar-refractivity contribution in [3.63, 3.8) is 0 Å². The quantitative estimate of drug-likeness (QED) is 0.667. The number of pyridine rings is 1. The van der Waals surface area contributed by atoms with Crippen molar-refractivity contribution in [3.8, 4) is 11.6 Å². The normalized spacial score (nSPS) is 11.4. The van der Waals surface area contributed by atoms with Crippen molar-refractivity contribution in [1.29, 1.82) is 0 Å². The molecule has 0 radical (unpaired) electrons. The number of halogens is 3. The summed E-state index contributed by atoms with van der Waals surface area (Å²) in [6.45, 7) is 5.39. The lowest BCUT2D eigenvalue weighted by atomic mass is 10.1. The van der Waals surface area contributed by atoms with Gasteiger partial charge >= 0.3 is 6.18 Å². The van der Waals surface area contributed by atoms with Gasteiger partial charge in [0.25, 0.3) is 0 Å². The third-order valence-corrected chi connectivity index (χ3v) is 4.70. The number of benzene rings is 1. The molecule has 0 spiro atoms. The molecule has 0 saturated heterocycles. The second-order valence-electron chi connectivity index (χ2n) is 6.89. The van der Waals surface area contributed by atoms with Gasteiger partial charge in [-0.2, -0.15) is 18.3 Å². The second kappa shape index (κ2) is 8.17. The first-order valence-electron chi connectivity index (χ1n) is 9.13. The van der Waals surface area contributed by atoms with Crippen LogP contribution in [0.5, 0.6) is 5.75 Å². The van der Waals surface area contributed by atoms with Crippen LogP contribution in [0.4, 0.5) is 18.9 Å². The van der Waals surface area contributed by atoms with E-state index in [9.17, 15) is 18.0 Å². The van der Waals surface area contributed by atoms with E-state index in [0.717, 1.165) is 17.8 Å². The number of amides is 1. The summed E-state index contributed by atoms with van der Waals surface area (Å²) in [5, 5.41) is 7.19. The molecule has 1 amide bonds. The van der Waals surface area contributed by atoms with E-state index in [2.05, 4.69) is 15.4 Å². The first kappa shape index (κ1) is 21.4. The molecule has 2 heterocycles. The SMILES string of the molecule is COc1ccc(C)cc1NC(=O)Cc1c(C)nn(-c2ccc(C(F)(F)F)cn2)c1C. The van der Waals surface area contributed by atoms with Gasteiger partial charge in [0, 0.05) is 17.5 Å². The standard InChI is InChI=1S/C21H21F3N4O2/c1-12-5-7-18(30-4)17(9-12)26-20(29)10-16-13(2)27-28(14(16)3)19-8-6-15(11-25-19)21(22,23)24/h5-9,11H,10H2,1-4H3,(H,26,29). The number of rotatable bonds is 5. The smallest absolute Gasteiger partial charge is 0.417 e. The van der Waals surface area contributed by atoms with Gasteiger partial charge in [-0.3, -0.25) is 4.79 Å². The Bertz CT molecular complexity index is 1070. The molecular formula is C21H21F3N4O2. The number of nitrogens with one attached hydrogen (secondary N) is 1. The lowest BCUT2D eigenvalue weighted by Gasteiger charge is -2.11. The molecule has 0 atom stereocenters. The van der Waals surface area contributed by atoms with Gasteiger partial charge in [-0.05, 0) is 50.6 Å². The number of carbonyl (C=O) groups excluding carboxylic acids is 1. The summed E-state index contributed by atoms with van der Waals surface area (Å²) < 4.78 is 45.0. The second-order valence-corrected chi connectivity index (χ2v) is 6.89. The van der Waals surface area contributed by atoms with Gasteiger partial charge < -0.3 is 10.1 Å². The fraction of sp³-hybridized carbons (Fsp3) is 0.286. The highest BCUT2D eigenvalue weighted by molar-refractivity contribution is 5.94. The number of aromatic nitrogens is 3. The molecule has 2 aromatic heterocycles. The average Bonchev–Trinajstić information content (AvgIpc) is 2.96. The molecule has 158 valence electrons. The highest BCUT2D eigenvalue weighted by Gasteiger charge is 2.31. The van der Waals surface area contributed by atoms with Gasteiger partial charge in [0.15, 0.2) is 5.82 Å². The van der Waals surface area contributed by atoms with Crippen LogP contribution in [0.15, 0.2) is 36.5 Å². The summed E-state index contributed by atoms with van der Waals surface area (Å²) in [5.41, 5.74) is 2.61. The van der Waals surface area contributed by atoms with Crippen molar-refractivity contribution in [2.24, 2.45) is 0 Å². The maximum Gasteiger partial charge on any atom is 0.417 e. The summed E-state index contributed by atoms with van der Waals surface area (Å²) in [7, 11) is 1.52. The Kier molecular flexibility index (Phi) is 5.82. The van der Waals surface area contributed by atoms with Crippen molar-refractivity contribution in [3.05, 3.63) is 64.6 Å². The Morgan fingerprint density at radius 3 is 2.50 bits per heavy atom. The molecule has 9 heteroatoms. The summed E-state index contributed by atoms with van der Waals surface area (Å²) in [6.07, 6.45) is -3.64. The maximum atomic E-state index is 12.8. The van der Waals surface area contributed by atoms with Crippen molar-refractivity contribution >= 4 is 11.6 Å². The molecule has 6 nitrogen and oxygen atoms in total. The number of methoxy groups -OCH3 is 1. The summed E-state index contributed by atoms with van der Waals surface area (Å²) in [5.74, 6) is 0.535. The van der Waals surface area contributed by atoms with Crippen LogP contribution < -0.4 is 10.1 Å². The zero-order valence-corrected chi connectivity index (χ0v) is 17.0. The molecule has 0 unspecified atom stereocenters. The molecule has 0 fully saturated rings. The van der Waals surface area contributed by atoms with Gasteiger partial charge in [0.1, 0.15) is 5.75 Å². The minimum Gasteiger partial charge on any atom is -0.495 e. The first-order valence-corrected chi connectivity index (χ1v) is 9.13. The average molecular weight is 418 g/mol. The minimum atomic E-state index is -4.46. The van der Waals surface area contributed by atoms with Crippen molar-refractivity contribution in [1.82, 2.24) is 14.8 Å². The summed E-state index contributed by atoms with van der Waals surface area (Å²) in [6, 6.07) is 7.67. The zero-order chi connectivity index (χ0) is 22.1. The third-order valence-electron chi connectivity index (χ3n) is 4.70. The predicted molar refractivity (Wildman–Crippen MR) is 106 cm³/mol. The highest BCUT2D eigenvalue weighted by Crippen LogP contribution is 2.29. The fourth-order valence-electron chi connectivity index (χ4n) is 3.11. The number of ether oxygens (including phenoxy) is 1. The highest BCUT2D eigenvalue weighted by atomic mass is 19.4. The van der Waals surface area contributed by atoms with Crippen LogP contribution >= 0.6 is 0 Å². The summed E-state index contributed by atoms with van der Waals surface area (Å²) in [4.78, 5) is 16.5. The molecule has 1 N–H and O–H groups in total. The number of aryl methyl sites for hydroxylation is 2. The van der Waals surface area contributed by atoms with Gasteiger partial charge in [-0.25, -0.2) is 9.67 Å². The van der Waals surface area contributed by atoms with E-state index >= 15 is 0 Å². The lowest BCUT2D eigenvalue weighted by molar-refractivity contribution is -0.137. The Hall–Kier alpha value is -3.36. The monoisotopic (exact) mass is 418 g/mol. The largest absolute Gasteiger partial charge is 0.495 e. The lowest BCUT2D eigenvalue weighted by Crippen LogP contribution is -2.16. The fourth-order valence-corrected chi connectivity index (χ4v) is 3.11. The molecule has 0 aliphatic carbocycles. The van der Waals surface area contributed by atoms with Crippen molar-refractivity contribution in [2.45, 2.75) is 33.4 Å². The van der Waals surface area contributed by atoms with E-state index in [-0.39, 0.29) is 18.1 Å². The van der Waals surface area contributed by atoms with Crippen LogP contribution in [0.25, 0.3) is 5.82 Å². The Morgan fingerprint density at radius 2 is 1.90 bits per heavy atom. The van der Waals surface area contributed by atoms with Gasteiger partial charge in [0.05, 0.1) is 30.5 Å². The number of anilines is 1. The van der Waals surface area contributed by atoms with E-state index in [1.165, 1.54) is 17.9 Å². The van der Waals surface area contributed by atoms with E-state index in [0.29, 0.717) is 28.4 Å². The van der Waals surface area contributed by atoms with Crippen molar-refractivity contribution < 1.29 is 22.7 Å². The maximum absolute atomic E-state index is 12.8. The number of alkyl halides is 3. The number of hydrogen-bond acceptors (Lipinski definition) is 4. The van der Waals surface area contributed by atoms with Gasteiger partial charge in [0.2, 0.25) is 5.91 Å². The molecule has 3 aromatic rings. The van der Waals surface area contributed by atoms with Crippen LogP contribution in [0.2, 0.25) is 0 Å². The predicted octanol–water partition coefficient (Wildman–Crippen LogP) is 4.40. The van der Waals surface area contributed by atoms with Crippen LogP contribution in [0.1, 0.15) is 28.1 Å². The van der Waals surface area contributed by atoms with Gasteiger partial charge in [-0.1, -0.05) is 6.07 Å². The number of hydrogen-bond donors (Lipinski definition) is 1. The van der Waals surface area contributed by atoms with Crippen LogP contribution in [0.3, 0.4) is 0 Å². The Morgan fingerprint density at radius 1 is 1.17 bits per heavy atom. The van der Waals surface area contributed by atoms with Gasteiger partial charge in [-0.15, -0.1) is 0 Å². The van der Waals surface area contributed by atoms with E-state index in [1.807, 2.05) is 19.1 Å². The molecular weight excluding hydrogens is 397 g/mol.